The van der Waals surface area contributed by atoms with Crippen LogP contribution in [0.5, 0.6) is 17.2 Å². The summed E-state index contributed by atoms with van der Waals surface area (Å²) >= 11 is 0. The second-order valence-corrected chi connectivity index (χ2v) is 12.2. The molecule has 2 amide bonds. The molecule has 254 valence electrons. The summed E-state index contributed by atoms with van der Waals surface area (Å²) < 4.78 is 70.7. The number of benzene rings is 3. The second kappa shape index (κ2) is 14.6. The van der Waals surface area contributed by atoms with Crippen molar-refractivity contribution in [3.05, 3.63) is 83.8 Å². The van der Waals surface area contributed by atoms with Crippen LogP contribution < -0.4 is 14.8 Å². The van der Waals surface area contributed by atoms with Gasteiger partial charge in [-0.15, -0.1) is 0 Å². The first kappa shape index (κ1) is 33.3. The van der Waals surface area contributed by atoms with Gasteiger partial charge < -0.3 is 24.4 Å². The highest BCUT2D eigenvalue weighted by atomic mass is 19.4. The summed E-state index contributed by atoms with van der Waals surface area (Å²) in [7, 11) is 0. The topological polar surface area (TPSA) is 94.9 Å². The quantitative estimate of drug-likeness (QED) is 0.127. The molecule has 0 unspecified atom stereocenters. The van der Waals surface area contributed by atoms with Crippen LogP contribution in [0.3, 0.4) is 0 Å². The van der Waals surface area contributed by atoms with Crippen LogP contribution in [0, 0.1) is 17.7 Å². The first-order valence-electron chi connectivity index (χ1n) is 16.0. The van der Waals surface area contributed by atoms with Crippen LogP contribution in [0.25, 0.3) is 10.9 Å². The van der Waals surface area contributed by atoms with E-state index in [1.807, 2.05) is 0 Å². The summed E-state index contributed by atoms with van der Waals surface area (Å²) in [6.45, 7) is 1.19. The maximum absolute atomic E-state index is 13.2. The van der Waals surface area contributed by atoms with Gasteiger partial charge in [0, 0.05) is 44.5 Å². The van der Waals surface area contributed by atoms with E-state index < -0.39 is 18.7 Å². The minimum Gasteiger partial charge on any atom is -0.483 e. The van der Waals surface area contributed by atoms with Crippen molar-refractivity contribution in [2.75, 3.05) is 39.5 Å². The zero-order valence-electron chi connectivity index (χ0n) is 26.2. The average Bonchev–Trinajstić information content (AvgIpc) is 3.81. The van der Waals surface area contributed by atoms with Gasteiger partial charge >= 0.3 is 6.18 Å². The summed E-state index contributed by atoms with van der Waals surface area (Å²) in [5.74, 6) is 0.593. The minimum atomic E-state index is -4.59. The fourth-order valence-electron chi connectivity index (χ4n) is 5.64. The molecule has 1 N–H and O–H groups in total. The molecule has 3 aromatic carbocycles. The SMILES string of the molecule is O=C(NCCOCC1CC1)c1ccc2nn(CC3CCN(C(=O)c4ccc(Oc5ccc(F)cc5)cc4)CC3)cc2c1OCC(F)(F)F. The molecule has 6 rings (SSSR count). The zero-order valence-corrected chi connectivity index (χ0v) is 26.2. The van der Waals surface area contributed by atoms with Gasteiger partial charge in [-0.3, -0.25) is 14.3 Å². The Bertz CT molecular complexity index is 1710. The number of amides is 2. The molecule has 9 nitrogen and oxygen atoms in total. The Balaban J connectivity index is 1.05. The van der Waals surface area contributed by atoms with E-state index >= 15 is 0 Å². The van der Waals surface area contributed by atoms with Crippen LogP contribution in [0.1, 0.15) is 46.4 Å². The molecule has 1 aliphatic carbocycles. The van der Waals surface area contributed by atoms with Crippen LogP contribution in [0.4, 0.5) is 17.6 Å². The molecule has 2 heterocycles. The van der Waals surface area contributed by atoms with Crippen molar-refractivity contribution in [2.24, 2.45) is 11.8 Å². The number of alkyl halides is 3. The lowest BCUT2D eigenvalue weighted by Gasteiger charge is -2.32. The molecular formula is C35H36F4N4O5. The molecule has 1 saturated carbocycles. The molecule has 0 atom stereocenters. The van der Waals surface area contributed by atoms with Gasteiger partial charge in [0.15, 0.2) is 6.61 Å². The fourth-order valence-corrected chi connectivity index (χ4v) is 5.64. The minimum absolute atomic E-state index is 0.00429. The van der Waals surface area contributed by atoms with E-state index in [-0.39, 0.29) is 35.5 Å². The van der Waals surface area contributed by atoms with E-state index in [4.69, 9.17) is 14.2 Å². The van der Waals surface area contributed by atoms with E-state index in [1.165, 1.54) is 30.3 Å². The number of nitrogens with one attached hydrogen (secondary N) is 1. The van der Waals surface area contributed by atoms with Crippen LogP contribution in [-0.2, 0) is 11.3 Å². The number of fused-ring (bicyclic) bond motifs is 1. The maximum atomic E-state index is 13.2. The first-order valence-corrected chi connectivity index (χ1v) is 16.0. The predicted molar refractivity (Wildman–Crippen MR) is 169 cm³/mol. The number of carbonyl (C=O) groups is 2. The monoisotopic (exact) mass is 668 g/mol. The summed E-state index contributed by atoms with van der Waals surface area (Å²) in [5, 5.41) is 7.58. The number of hydrogen-bond donors (Lipinski definition) is 1. The number of ether oxygens (including phenoxy) is 3. The van der Waals surface area contributed by atoms with Crippen molar-refractivity contribution in [1.82, 2.24) is 20.0 Å². The Morgan fingerprint density at radius 2 is 1.58 bits per heavy atom. The smallest absolute Gasteiger partial charge is 0.422 e. The number of carbonyl (C=O) groups excluding carboxylic acids is 2. The third kappa shape index (κ3) is 8.82. The van der Waals surface area contributed by atoms with Crippen molar-refractivity contribution in [3.8, 4) is 17.2 Å². The Morgan fingerprint density at radius 1 is 0.896 bits per heavy atom. The molecule has 4 aromatic rings. The Hall–Kier alpha value is -4.65. The van der Waals surface area contributed by atoms with Crippen LogP contribution in [-0.4, -0.2) is 72.1 Å². The van der Waals surface area contributed by atoms with Gasteiger partial charge in [-0.2, -0.15) is 18.3 Å². The van der Waals surface area contributed by atoms with Gasteiger partial charge in [-0.05, 0) is 98.2 Å². The molecular weight excluding hydrogens is 632 g/mol. The van der Waals surface area contributed by atoms with Gasteiger partial charge in [0.1, 0.15) is 23.1 Å². The van der Waals surface area contributed by atoms with Crippen molar-refractivity contribution in [3.63, 3.8) is 0 Å². The highest BCUT2D eigenvalue weighted by Crippen LogP contribution is 2.32. The van der Waals surface area contributed by atoms with Crippen LogP contribution in [0.2, 0.25) is 0 Å². The van der Waals surface area contributed by atoms with E-state index in [0.29, 0.717) is 79.6 Å². The summed E-state index contributed by atoms with van der Waals surface area (Å²) in [6, 6.07) is 15.5. The normalized spacial score (nSPS) is 15.5. The highest BCUT2D eigenvalue weighted by Gasteiger charge is 2.31. The predicted octanol–water partition coefficient (Wildman–Crippen LogP) is 6.62. The van der Waals surface area contributed by atoms with Gasteiger partial charge in [0.05, 0.1) is 23.1 Å². The molecule has 1 aromatic heterocycles. The number of hydrogen-bond acceptors (Lipinski definition) is 6. The van der Waals surface area contributed by atoms with E-state index in [2.05, 4.69) is 10.4 Å². The average molecular weight is 669 g/mol. The van der Waals surface area contributed by atoms with Crippen molar-refractivity contribution in [2.45, 2.75) is 38.4 Å². The van der Waals surface area contributed by atoms with E-state index in [1.54, 1.807) is 46.1 Å². The van der Waals surface area contributed by atoms with Crippen molar-refractivity contribution in [1.29, 1.82) is 0 Å². The highest BCUT2D eigenvalue weighted by molar-refractivity contribution is 6.03. The lowest BCUT2D eigenvalue weighted by atomic mass is 9.96. The molecule has 0 radical (unpaired) electrons. The Kier molecular flexibility index (Phi) is 10.1. The Labute approximate surface area is 274 Å². The van der Waals surface area contributed by atoms with Crippen molar-refractivity contribution < 1.29 is 41.4 Å². The van der Waals surface area contributed by atoms with Gasteiger partial charge in [0.2, 0.25) is 0 Å². The van der Waals surface area contributed by atoms with Crippen molar-refractivity contribution >= 4 is 22.7 Å². The number of aromatic nitrogens is 2. The van der Waals surface area contributed by atoms with Gasteiger partial charge in [-0.1, -0.05) is 0 Å². The van der Waals surface area contributed by atoms with E-state index in [0.717, 1.165) is 12.8 Å². The van der Waals surface area contributed by atoms with E-state index in [9.17, 15) is 27.2 Å². The first-order chi connectivity index (χ1) is 23.1. The molecule has 1 aliphatic heterocycles. The largest absolute Gasteiger partial charge is 0.483 e. The number of halogens is 4. The van der Waals surface area contributed by atoms with Crippen LogP contribution in [0.15, 0.2) is 66.9 Å². The second-order valence-electron chi connectivity index (χ2n) is 12.2. The summed E-state index contributed by atoms with van der Waals surface area (Å²) in [4.78, 5) is 27.9. The zero-order chi connectivity index (χ0) is 33.7. The summed E-state index contributed by atoms with van der Waals surface area (Å²) in [6.07, 6.45) is 0.737. The molecule has 2 aliphatic rings. The molecule has 2 fully saturated rings. The Morgan fingerprint density at radius 3 is 2.25 bits per heavy atom. The standard InChI is InChI=1S/C35H36F4N4O5/c36-26-5-9-28(10-6-26)48-27-7-3-25(4-8-27)34(45)42-16-13-23(14-17-42)19-43-20-30-31(41-43)12-11-29(32(30)47-22-35(37,38)39)33(44)40-15-18-46-21-24-1-2-24/h3-12,20,23-24H,1-2,13-19,21-22H2,(H,40,44). The molecule has 13 heteroatoms. The third-order valence-electron chi connectivity index (χ3n) is 8.39. The maximum Gasteiger partial charge on any atom is 0.422 e. The molecule has 0 bridgehead atoms. The third-order valence-corrected chi connectivity index (χ3v) is 8.39. The number of piperidine rings is 1. The molecule has 1 saturated heterocycles. The molecule has 48 heavy (non-hydrogen) atoms. The number of nitrogens with zero attached hydrogens (tertiary/aromatic N) is 3. The lowest BCUT2D eigenvalue weighted by molar-refractivity contribution is -0.153. The summed E-state index contributed by atoms with van der Waals surface area (Å²) in [5.41, 5.74) is 0.932. The number of likely N-dealkylation sites (tertiary alicyclic amines) is 1. The lowest BCUT2D eigenvalue weighted by Crippen LogP contribution is -2.39. The van der Waals surface area contributed by atoms with Crippen LogP contribution >= 0.6 is 0 Å². The van der Waals surface area contributed by atoms with Gasteiger partial charge in [0.25, 0.3) is 11.8 Å². The number of rotatable bonds is 13. The fraction of sp³-hybridized carbons (Fsp3) is 0.400. The molecule has 0 spiro atoms. The van der Waals surface area contributed by atoms with Gasteiger partial charge in [-0.25, -0.2) is 4.39 Å².